The molecule has 0 saturated carbocycles. The van der Waals surface area contributed by atoms with Crippen LogP contribution in [-0.4, -0.2) is 18.3 Å². The Morgan fingerprint density at radius 1 is 1.20 bits per heavy atom. The maximum Gasteiger partial charge on any atom is 0.221 e. The summed E-state index contributed by atoms with van der Waals surface area (Å²) in [6, 6.07) is 10.5. The first-order valence-corrected chi connectivity index (χ1v) is 7.44. The molecular weight excluding hydrogens is 342 g/mol. The van der Waals surface area contributed by atoms with Crippen LogP contribution in [0.25, 0.3) is 0 Å². The van der Waals surface area contributed by atoms with Crippen LogP contribution in [0.3, 0.4) is 0 Å². The minimum Gasteiger partial charge on any atom is -0.485 e. The molecule has 0 radical (unpaired) electrons. The summed E-state index contributed by atoms with van der Waals surface area (Å²) in [7, 11) is 0. The van der Waals surface area contributed by atoms with Crippen LogP contribution in [0.5, 0.6) is 5.75 Å². The Bertz CT molecular complexity index is 622. The van der Waals surface area contributed by atoms with E-state index in [0.717, 1.165) is 3.79 Å². The van der Waals surface area contributed by atoms with Crippen molar-refractivity contribution < 1.29 is 14.3 Å². The molecule has 104 valence electrons. The number of rotatable bonds is 5. The van der Waals surface area contributed by atoms with Gasteiger partial charge in [0, 0.05) is 12.6 Å². The van der Waals surface area contributed by atoms with Gasteiger partial charge in [0.15, 0.2) is 6.61 Å². The summed E-state index contributed by atoms with van der Waals surface area (Å²) < 4.78 is 6.34. The molecule has 1 heterocycles. The fourth-order valence-electron chi connectivity index (χ4n) is 1.52. The normalized spacial score (nSPS) is 10.1. The molecule has 0 aliphatic rings. The third-order valence-corrected chi connectivity index (χ3v) is 4.06. The quantitative estimate of drug-likeness (QED) is 0.833. The minimum absolute atomic E-state index is 0.00750. The van der Waals surface area contributed by atoms with Crippen LogP contribution in [-0.2, 0) is 4.79 Å². The standard InChI is InChI=1S/C14H12BrNO3S/c1-9(17)16-10-2-4-11(5-3-10)19-8-12(18)13-6-7-14(15)20-13/h2-7H,8H2,1H3,(H,16,17). The molecule has 6 heteroatoms. The number of thiophene rings is 1. The predicted octanol–water partition coefficient (Wildman–Crippen LogP) is 3.73. The Labute approximate surface area is 128 Å². The third kappa shape index (κ3) is 4.18. The van der Waals surface area contributed by atoms with E-state index in [9.17, 15) is 9.59 Å². The number of ether oxygens (including phenoxy) is 1. The lowest BCUT2D eigenvalue weighted by atomic mass is 10.3. The summed E-state index contributed by atoms with van der Waals surface area (Å²) in [5.74, 6) is 0.395. The topological polar surface area (TPSA) is 55.4 Å². The first kappa shape index (κ1) is 14.7. The highest BCUT2D eigenvalue weighted by Crippen LogP contribution is 2.23. The zero-order valence-corrected chi connectivity index (χ0v) is 13.1. The summed E-state index contributed by atoms with van der Waals surface area (Å²) in [4.78, 5) is 23.4. The molecule has 4 nitrogen and oxygen atoms in total. The lowest BCUT2D eigenvalue weighted by molar-refractivity contribution is -0.114. The Morgan fingerprint density at radius 2 is 1.90 bits per heavy atom. The molecule has 0 fully saturated rings. The molecule has 0 spiro atoms. The average molecular weight is 354 g/mol. The molecule has 1 aromatic heterocycles. The molecule has 0 unspecified atom stereocenters. The van der Waals surface area contributed by atoms with Crippen LogP contribution in [0.4, 0.5) is 5.69 Å². The minimum atomic E-state index is -0.128. The first-order valence-electron chi connectivity index (χ1n) is 5.83. The predicted molar refractivity (Wildman–Crippen MR) is 82.6 cm³/mol. The Kier molecular flexibility index (Phi) is 4.92. The number of carbonyl (C=O) groups excluding carboxylic acids is 2. The van der Waals surface area contributed by atoms with Crippen molar-refractivity contribution in [2.45, 2.75) is 6.92 Å². The van der Waals surface area contributed by atoms with Crippen LogP contribution in [0.2, 0.25) is 0 Å². The van der Waals surface area contributed by atoms with E-state index in [4.69, 9.17) is 4.74 Å². The van der Waals surface area contributed by atoms with Gasteiger partial charge in [0.25, 0.3) is 0 Å². The van der Waals surface area contributed by atoms with Gasteiger partial charge in [0.1, 0.15) is 5.75 Å². The van der Waals surface area contributed by atoms with Crippen molar-refractivity contribution in [3.8, 4) is 5.75 Å². The van der Waals surface area contributed by atoms with Crippen LogP contribution < -0.4 is 10.1 Å². The number of hydrogen-bond donors (Lipinski definition) is 1. The van der Waals surface area contributed by atoms with Crippen LogP contribution in [0.15, 0.2) is 40.2 Å². The Hall–Kier alpha value is -1.66. The lowest BCUT2D eigenvalue weighted by Gasteiger charge is -2.06. The number of benzene rings is 1. The van der Waals surface area contributed by atoms with Gasteiger partial charge in [0.05, 0.1) is 8.66 Å². The number of nitrogens with one attached hydrogen (secondary N) is 1. The summed E-state index contributed by atoms with van der Waals surface area (Å²) >= 11 is 4.69. The zero-order valence-electron chi connectivity index (χ0n) is 10.7. The summed E-state index contributed by atoms with van der Waals surface area (Å²) in [6.07, 6.45) is 0. The van der Waals surface area contributed by atoms with Crippen molar-refractivity contribution in [1.29, 1.82) is 0 Å². The fourth-order valence-corrected chi connectivity index (χ4v) is 2.83. The van der Waals surface area contributed by atoms with Gasteiger partial charge in [-0.15, -0.1) is 11.3 Å². The molecule has 0 aliphatic carbocycles. The van der Waals surface area contributed by atoms with Crippen molar-refractivity contribution >= 4 is 44.6 Å². The molecule has 0 bridgehead atoms. The van der Waals surface area contributed by atoms with Gasteiger partial charge >= 0.3 is 0 Å². The highest BCUT2D eigenvalue weighted by molar-refractivity contribution is 9.11. The van der Waals surface area contributed by atoms with Crippen LogP contribution in [0, 0.1) is 0 Å². The summed E-state index contributed by atoms with van der Waals surface area (Å²) in [5.41, 5.74) is 0.693. The molecule has 2 rings (SSSR count). The fraction of sp³-hybridized carbons (Fsp3) is 0.143. The average Bonchev–Trinajstić information content (AvgIpc) is 2.84. The first-order chi connectivity index (χ1) is 9.54. The van der Waals surface area contributed by atoms with Crippen molar-refractivity contribution in [3.63, 3.8) is 0 Å². The molecule has 0 atom stereocenters. The lowest BCUT2D eigenvalue weighted by Crippen LogP contribution is -2.10. The van der Waals surface area contributed by atoms with E-state index in [-0.39, 0.29) is 18.3 Å². The van der Waals surface area contributed by atoms with Crippen molar-refractivity contribution in [2.75, 3.05) is 11.9 Å². The monoisotopic (exact) mass is 353 g/mol. The molecule has 0 aliphatic heterocycles. The van der Waals surface area contributed by atoms with E-state index >= 15 is 0 Å². The van der Waals surface area contributed by atoms with Gasteiger partial charge in [-0.1, -0.05) is 0 Å². The van der Waals surface area contributed by atoms with Crippen molar-refractivity contribution in [2.24, 2.45) is 0 Å². The molecule has 2 aromatic rings. The van der Waals surface area contributed by atoms with Crippen molar-refractivity contribution in [1.82, 2.24) is 0 Å². The number of ketones is 1. The number of hydrogen-bond acceptors (Lipinski definition) is 4. The van der Waals surface area contributed by atoms with Gasteiger partial charge in [-0.3, -0.25) is 9.59 Å². The van der Waals surface area contributed by atoms with E-state index < -0.39 is 0 Å². The second-order valence-electron chi connectivity index (χ2n) is 4.02. The Balaban J connectivity index is 1.90. The molecule has 1 aromatic carbocycles. The van der Waals surface area contributed by atoms with Gasteiger partial charge in [-0.2, -0.15) is 0 Å². The van der Waals surface area contributed by atoms with E-state index in [1.165, 1.54) is 18.3 Å². The molecular formula is C14H12BrNO3S. The van der Waals surface area contributed by atoms with Crippen molar-refractivity contribution in [3.05, 3.63) is 45.1 Å². The Morgan fingerprint density at radius 3 is 2.45 bits per heavy atom. The summed E-state index contributed by atoms with van der Waals surface area (Å²) in [5, 5.41) is 2.66. The molecule has 1 amide bonds. The van der Waals surface area contributed by atoms with Crippen LogP contribution >= 0.6 is 27.3 Å². The largest absolute Gasteiger partial charge is 0.485 e. The summed E-state index contributed by atoms with van der Waals surface area (Å²) in [6.45, 7) is 1.44. The number of amides is 1. The van der Waals surface area contributed by atoms with E-state index in [1.807, 2.05) is 6.07 Å². The maximum atomic E-state index is 11.9. The van der Waals surface area contributed by atoms with Gasteiger partial charge in [-0.05, 0) is 52.3 Å². The van der Waals surface area contributed by atoms with E-state index in [2.05, 4.69) is 21.2 Å². The highest BCUT2D eigenvalue weighted by Gasteiger charge is 2.09. The number of anilines is 1. The van der Waals surface area contributed by atoms with E-state index in [1.54, 1.807) is 30.3 Å². The highest BCUT2D eigenvalue weighted by atomic mass is 79.9. The second kappa shape index (κ2) is 6.67. The smallest absolute Gasteiger partial charge is 0.221 e. The SMILES string of the molecule is CC(=O)Nc1ccc(OCC(=O)c2ccc(Br)s2)cc1. The van der Waals surface area contributed by atoms with Gasteiger partial charge in [0.2, 0.25) is 11.7 Å². The third-order valence-electron chi connectivity index (χ3n) is 2.39. The molecule has 20 heavy (non-hydrogen) atoms. The van der Waals surface area contributed by atoms with Gasteiger partial charge < -0.3 is 10.1 Å². The number of halogens is 1. The molecule has 1 N–H and O–H groups in total. The number of Topliss-reactive ketones (excluding diaryl/α,β-unsaturated/α-hetero) is 1. The maximum absolute atomic E-state index is 11.9. The zero-order chi connectivity index (χ0) is 14.5. The van der Waals surface area contributed by atoms with Crippen LogP contribution in [0.1, 0.15) is 16.6 Å². The van der Waals surface area contributed by atoms with Gasteiger partial charge in [-0.25, -0.2) is 0 Å². The second-order valence-corrected chi connectivity index (χ2v) is 6.48. The number of carbonyl (C=O) groups is 2. The van der Waals surface area contributed by atoms with E-state index in [0.29, 0.717) is 16.3 Å². The molecule has 0 saturated heterocycles.